The molecule has 2 aromatic rings. The summed E-state index contributed by atoms with van der Waals surface area (Å²) < 4.78 is 0. The molecule has 0 N–H and O–H groups in total. The molecule has 0 atom stereocenters. The maximum Gasteiger partial charge on any atom is 0.242 e. The van der Waals surface area contributed by atoms with Crippen LogP contribution in [0.4, 0.5) is 11.6 Å². The molecule has 0 bridgehead atoms. The van der Waals surface area contributed by atoms with Crippen LogP contribution in [-0.2, 0) is 9.59 Å². The van der Waals surface area contributed by atoms with Gasteiger partial charge >= 0.3 is 0 Å². The highest BCUT2D eigenvalue weighted by Crippen LogP contribution is 2.17. The second-order valence-electron chi connectivity index (χ2n) is 6.62. The van der Waals surface area contributed by atoms with Crippen molar-refractivity contribution >= 4 is 29.2 Å². The van der Waals surface area contributed by atoms with Crippen LogP contribution in [0.2, 0.25) is 0 Å². The number of anilines is 2. The van der Waals surface area contributed by atoms with E-state index in [-0.39, 0.29) is 24.1 Å². The molecule has 1 saturated heterocycles. The Bertz CT molecular complexity index is 846. The summed E-state index contributed by atoms with van der Waals surface area (Å²) in [7, 11) is 0. The number of carbonyl (C=O) groups is 3. The van der Waals surface area contributed by atoms with E-state index in [1.165, 1.54) is 18.7 Å². The largest absolute Gasteiger partial charge is 0.338 e. The van der Waals surface area contributed by atoms with Gasteiger partial charge in [0, 0.05) is 56.7 Å². The third-order valence-electron chi connectivity index (χ3n) is 4.73. The molecule has 3 rings (SSSR count). The Morgan fingerprint density at radius 2 is 1.57 bits per heavy atom. The van der Waals surface area contributed by atoms with Crippen molar-refractivity contribution in [2.24, 2.45) is 0 Å². The maximum atomic E-state index is 12.7. The number of nitrogens with zero attached hydrogens (tertiary/aromatic N) is 5. The Morgan fingerprint density at radius 3 is 2.11 bits per heavy atom. The molecule has 1 aromatic heterocycles. The quantitative estimate of drug-likeness (QED) is 0.728. The molecule has 2 amide bonds. The first-order valence-electron chi connectivity index (χ1n) is 9.14. The molecule has 0 radical (unpaired) electrons. The average Bonchev–Trinajstić information content (AvgIpc) is 2.72. The highest BCUT2D eigenvalue weighted by molar-refractivity contribution is 5.98. The molecule has 0 unspecified atom stereocenters. The standard InChI is InChI=1S/C20H23N5O3/c1-15(26)17-4-6-18(7-5-17)25(16(2)27)14-19(28)23-10-12-24(13-11-23)20-21-8-3-9-22-20/h3-9H,10-14H2,1-2H3. The summed E-state index contributed by atoms with van der Waals surface area (Å²) >= 11 is 0. The van der Waals surface area contributed by atoms with E-state index in [0.29, 0.717) is 43.4 Å². The molecule has 146 valence electrons. The van der Waals surface area contributed by atoms with Gasteiger partial charge < -0.3 is 14.7 Å². The van der Waals surface area contributed by atoms with E-state index in [4.69, 9.17) is 0 Å². The average molecular weight is 381 g/mol. The van der Waals surface area contributed by atoms with Crippen molar-refractivity contribution in [1.29, 1.82) is 0 Å². The molecule has 1 aliphatic rings. The van der Waals surface area contributed by atoms with Crippen molar-refractivity contribution in [2.75, 3.05) is 42.5 Å². The van der Waals surface area contributed by atoms with Crippen molar-refractivity contribution in [3.63, 3.8) is 0 Å². The molecule has 2 heterocycles. The van der Waals surface area contributed by atoms with E-state index < -0.39 is 0 Å². The minimum atomic E-state index is -0.222. The Hall–Kier alpha value is -3.29. The number of aromatic nitrogens is 2. The van der Waals surface area contributed by atoms with E-state index in [9.17, 15) is 14.4 Å². The first-order chi connectivity index (χ1) is 13.5. The van der Waals surface area contributed by atoms with E-state index in [1.54, 1.807) is 47.6 Å². The number of piperazine rings is 1. The minimum Gasteiger partial charge on any atom is -0.338 e. The molecular formula is C20H23N5O3. The number of rotatable bonds is 5. The van der Waals surface area contributed by atoms with Gasteiger partial charge in [0.15, 0.2) is 5.78 Å². The van der Waals surface area contributed by atoms with Crippen molar-refractivity contribution in [2.45, 2.75) is 13.8 Å². The maximum absolute atomic E-state index is 12.7. The molecule has 8 heteroatoms. The summed E-state index contributed by atoms with van der Waals surface area (Å²) in [5.41, 5.74) is 1.17. The van der Waals surface area contributed by atoms with Gasteiger partial charge in [-0.25, -0.2) is 9.97 Å². The lowest BCUT2D eigenvalue weighted by Gasteiger charge is -2.35. The zero-order valence-corrected chi connectivity index (χ0v) is 16.0. The Labute approximate surface area is 163 Å². The first-order valence-corrected chi connectivity index (χ1v) is 9.14. The second-order valence-corrected chi connectivity index (χ2v) is 6.62. The summed E-state index contributed by atoms with van der Waals surface area (Å²) in [5, 5.41) is 0. The third-order valence-corrected chi connectivity index (χ3v) is 4.73. The van der Waals surface area contributed by atoms with Crippen molar-refractivity contribution in [3.8, 4) is 0 Å². The monoisotopic (exact) mass is 381 g/mol. The van der Waals surface area contributed by atoms with Gasteiger partial charge in [-0.2, -0.15) is 0 Å². The van der Waals surface area contributed by atoms with Crippen LogP contribution in [0.1, 0.15) is 24.2 Å². The van der Waals surface area contributed by atoms with Gasteiger partial charge in [-0.15, -0.1) is 0 Å². The fraction of sp³-hybridized carbons (Fsp3) is 0.350. The molecular weight excluding hydrogens is 358 g/mol. The molecule has 0 aliphatic carbocycles. The number of amides is 2. The second kappa shape index (κ2) is 8.60. The van der Waals surface area contributed by atoms with Gasteiger partial charge in [-0.1, -0.05) is 0 Å². The Kier molecular flexibility index (Phi) is 5.98. The normalized spacial score (nSPS) is 13.9. The molecule has 1 aromatic carbocycles. The van der Waals surface area contributed by atoms with Crippen molar-refractivity contribution in [3.05, 3.63) is 48.3 Å². The summed E-state index contributed by atoms with van der Waals surface area (Å²) in [4.78, 5) is 49.9. The SMILES string of the molecule is CC(=O)c1ccc(N(CC(=O)N2CCN(c3ncccn3)CC2)C(C)=O)cc1. The summed E-state index contributed by atoms with van der Waals surface area (Å²) in [6.45, 7) is 5.26. The van der Waals surface area contributed by atoms with Gasteiger partial charge in [0.25, 0.3) is 0 Å². The van der Waals surface area contributed by atoms with Gasteiger partial charge in [-0.3, -0.25) is 14.4 Å². The molecule has 0 spiro atoms. The van der Waals surface area contributed by atoms with Gasteiger partial charge in [-0.05, 0) is 37.3 Å². The summed E-state index contributed by atoms with van der Waals surface area (Å²) in [5.74, 6) is 0.280. The van der Waals surface area contributed by atoms with E-state index >= 15 is 0 Å². The predicted molar refractivity (Wildman–Crippen MR) is 105 cm³/mol. The number of ketones is 1. The number of Topliss-reactive ketones (excluding diaryl/α,β-unsaturated/α-hetero) is 1. The fourth-order valence-electron chi connectivity index (χ4n) is 3.11. The van der Waals surface area contributed by atoms with E-state index in [1.807, 2.05) is 4.90 Å². The molecule has 1 fully saturated rings. The zero-order valence-electron chi connectivity index (χ0n) is 16.0. The summed E-state index contributed by atoms with van der Waals surface area (Å²) in [6.07, 6.45) is 3.39. The van der Waals surface area contributed by atoms with Crippen LogP contribution in [-0.4, -0.2) is 65.2 Å². The van der Waals surface area contributed by atoms with Gasteiger partial charge in [0.05, 0.1) is 0 Å². The number of hydrogen-bond acceptors (Lipinski definition) is 6. The predicted octanol–water partition coefficient (Wildman–Crippen LogP) is 1.38. The van der Waals surface area contributed by atoms with Crippen molar-refractivity contribution in [1.82, 2.24) is 14.9 Å². The summed E-state index contributed by atoms with van der Waals surface area (Å²) in [6, 6.07) is 8.47. The third kappa shape index (κ3) is 4.51. The van der Waals surface area contributed by atoms with Crippen molar-refractivity contribution < 1.29 is 14.4 Å². The number of hydrogen-bond donors (Lipinski definition) is 0. The van der Waals surface area contributed by atoms with E-state index in [0.717, 1.165) is 0 Å². The number of carbonyl (C=O) groups excluding carboxylic acids is 3. The van der Waals surface area contributed by atoms with Crippen LogP contribution in [0, 0.1) is 0 Å². The molecule has 1 aliphatic heterocycles. The van der Waals surface area contributed by atoms with Crippen LogP contribution in [0.3, 0.4) is 0 Å². The Morgan fingerprint density at radius 1 is 0.964 bits per heavy atom. The molecule has 0 saturated carbocycles. The van der Waals surface area contributed by atoms with Gasteiger partial charge in [0.1, 0.15) is 6.54 Å². The zero-order chi connectivity index (χ0) is 20.1. The van der Waals surface area contributed by atoms with Gasteiger partial charge in [0.2, 0.25) is 17.8 Å². The van der Waals surface area contributed by atoms with Crippen LogP contribution in [0.15, 0.2) is 42.7 Å². The highest BCUT2D eigenvalue weighted by Gasteiger charge is 2.25. The van der Waals surface area contributed by atoms with Crippen LogP contribution < -0.4 is 9.80 Å². The Balaban J connectivity index is 1.62. The van der Waals surface area contributed by atoms with E-state index in [2.05, 4.69) is 9.97 Å². The lowest BCUT2D eigenvalue weighted by atomic mass is 10.1. The first kappa shape index (κ1) is 19.5. The fourth-order valence-corrected chi connectivity index (χ4v) is 3.11. The lowest BCUT2D eigenvalue weighted by molar-refractivity contribution is -0.131. The van der Waals surface area contributed by atoms with Crippen LogP contribution in [0.5, 0.6) is 0 Å². The highest BCUT2D eigenvalue weighted by atomic mass is 16.2. The number of benzene rings is 1. The molecule has 8 nitrogen and oxygen atoms in total. The smallest absolute Gasteiger partial charge is 0.242 e. The van der Waals surface area contributed by atoms with Crippen LogP contribution >= 0.6 is 0 Å². The lowest BCUT2D eigenvalue weighted by Crippen LogP contribution is -2.52. The minimum absolute atomic E-state index is 0.0312. The topological polar surface area (TPSA) is 86.7 Å². The van der Waals surface area contributed by atoms with Crippen LogP contribution in [0.25, 0.3) is 0 Å². The molecule has 28 heavy (non-hydrogen) atoms.